The predicted molar refractivity (Wildman–Crippen MR) is 481 cm³/mol. The number of carbonyl (C=O) groups is 1. The molecule has 6 N–H and O–H groups in total. The zero-order valence-corrected chi connectivity index (χ0v) is 75.3. The number of aromatic hydroxyl groups is 1. The Morgan fingerprint density at radius 1 is 0.812 bits per heavy atom. The first-order valence-corrected chi connectivity index (χ1v) is 50.1. The smallest absolute Gasteiger partial charge is 0.501 e. The summed E-state index contributed by atoms with van der Waals surface area (Å²) in [6.07, 6.45) is 12.4. The van der Waals surface area contributed by atoms with Crippen molar-refractivity contribution in [3.05, 3.63) is 179 Å². The van der Waals surface area contributed by atoms with Gasteiger partial charge in [-0.15, -0.1) is 18.2 Å². The lowest BCUT2D eigenvalue weighted by Gasteiger charge is -2.37. The Hall–Kier alpha value is -9.77. The number of rotatable bonds is 28. The molecule has 2 bridgehead atoms. The minimum absolute atomic E-state index is 0.00778. The number of hydrogen-bond donors (Lipinski definition) is 6. The summed E-state index contributed by atoms with van der Waals surface area (Å²) in [6, 6.07) is 34.7. The summed E-state index contributed by atoms with van der Waals surface area (Å²) in [5, 5.41) is 18.7. The average molecular weight is 1880 g/mol. The van der Waals surface area contributed by atoms with Gasteiger partial charge in [-0.05, 0) is 211 Å². The van der Waals surface area contributed by atoms with Crippen LogP contribution in [0.2, 0.25) is 5.02 Å². The van der Waals surface area contributed by atoms with Gasteiger partial charge < -0.3 is 59.2 Å². The van der Waals surface area contributed by atoms with Crippen molar-refractivity contribution in [3.8, 4) is 57.7 Å². The molecule has 5 atom stereocenters. The zero-order valence-electron chi connectivity index (χ0n) is 70.4. The van der Waals surface area contributed by atoms with E-state index in [2.05, 4.69) is 45.9 Å². The summed E-state index contributed by atoms with van der Waals surface area (Å²) >= 11 is 7.63. The third-order valence-electron chi connectivity index (χ3n) is 24.5. The lowest BCUT2D eigenvalue weighted by molar-refractivity contribution is -0.150. The van der Waals surface area contributed by atoms with E-state index in [-0.39, 0.29) is 81.5 Å². The first-order chi connectivity index (χ1) is 60.8. The minimum atomic E-state index is -6.13. The Bertz CT molecular complexity index is 6280. The van der Waals surface area contributed by atoms with Crippen LogP contribution >= 0.6 is 31.0 Å². The highest BCUT2D eigenvalue weighted by Gasteiger charge is 2.51. The van der Waals surface area contributed by atoms with Crippen molar-refractivity contribution in [1.82, 2.24) is 34.6 Å². The van der Waals surface area contributed by atoms with E-state index in [9.17, 15) is 61.7 Å². The van der Waals surface area contributed by atoms with Crippen LogP contribution in [0.15, 0.2) is 165 Å². The van der Waals surface area contributed by atoms with Gasteiger partial charge in [-0.1, -0.05) is 53.9 Å². The van der Waals surface area contributed by atoms with Crippen molar-refractivity contribution in [2.75, 3.05) is 128 Å². The second-order valence-corrected chi connectivity index (χ2v) is 42.5. The number of terminal acetylenes is 1. The van der Waals surface area contributed by atoms with Gasteiger partial charge in [0.25, 0.3) is 19.9 Å². The fraction of sp³-hybridized carbons (Fsp3) is 0.400. The summed E-state index contributed by atoms with van der Waals surface area (Å²) in [4.78, 5) is 53.9. The van der Waals surface area contributed by atoms with E-state index in [4.69, 9.17) is 42.3 Å². The van der Waals surface area contributed by atoms with Crippen molar-refractivity contribution in [2.24, 2.45) is 5.92 Å². The van der Waals surface area contributed by atoms with E-state index in [0.717, 1.165) is 55.5 Å². The Labute approximate surface area is 747 Å². The van der Waals surface area contributed by atoms with Crippen LogP contribution in [-0.4, -0.2) is 214 Å². The molecule has 0 aliphatic carbocycles. The number of pyridine rings is 1. The van der Waals surface area contributed by atoms with Gasteiger partial charge in [-0.3, -0.25) is 24.0 Å². The summed E-state index contributed by atoms with van der Waals surface area (Å²) in [5.74, 6) is 0.152. The Balaban J connectivity index is 0.000000237. The number of halogens is 8. The molecule has 680 valence electrons. The summed E-state index contributed by atoms with van der Waals surface area (Å²) in [7, 11) is -18.9. The van der Waals surface area contributed by atoms with Crippen LogP contribution in [0.25, 0.3) is 55.3 Å². The number of alkyl halides is 4. The molecule has 38 heteroatoms. The number of nitrogens with zero attached hydrogens (tertiary/aromatic N) is 9. The normalized spacial score (nSPS) is 19.3. The number of sulfonamides is 1. The lowest BCUT2D eigenvalue weighted by Crippen LogP contribution is -2.51. The molecular weight excluding hydrogens is 1780 g/mol. The largest absolute Gasteiger partial charge is 0.508 e. The topological polar surface area (TPSA) is 312 Å². The van der Waals surface area contributed by atoms with E-state index in [1.165, 1.54) is 66.5 Å². The number of phenolic OH excluding ortho intramolecular Hbond substituents is 1. The molecule has 0 amide bonds. The van der Waals surface area contributed by atoms with Crippen LogP contribution in [0.1, 0.15) is 88.9 Å². The zero-order chi connectivity index (χ0) is 91.1. The number of sulfone groups is 2. The lowest BCUT2D eigenvalue weighted by atomic mass is 9.95. The summed E-state index contributed by atoms with van der Waals surface area (Å²) in [6.45, 7) is 11.3. The SMILES string of the molecule is C#Cc1c(F)ccc2cc(O)cc(-c3ncc4c(N5CC6CCC(C5)N6)nc(OCC56CCCN5CC(F)C6)nc4c3F)c12.Cc1c(S(C)(=O)=O)c(-c2cc(F)cc(N3CCN(c4ccc(NS(=O)(=O)c5ccc(NC(CCN6CCC(C(=O)OCCCP(=O)(O)O)CC6)CSc6ccccc6)c(S(=O)(=O)C(F)(F)F)c5)cc4)CC3)c2)c(-c2ccc(Cl)cc2)n1C(C)C. The molecule has 5 unspecified atom stereocenters. The van der Waals surface area contributed by atoms with Gasteiger partial charge in [0.1, 0.15) is 52.1 Å². The number of anilines is 5. The standard InChI is InChI=1S/C57H66ClF4N6O11PS4.C33H31F3N6O2/c1-38(2)68-39(3)55(82(4,73)74)53(54(68)40-11-13-43(58)14-12-40)42-33-44(59)35-48(34-42)67-29-27-66(28-30-67)47-17-15-45(16-18-47)64-84(77,78)50-19-20-51(52(36-50)83(75,76)57(60,61)62)63-46(37-81-49-9-6-5-7-10-49)23-26-65-24-21-41(22-25-65)56(69)79-31-8-32-80(70,71)72;1-2-23-26(35)7-4-18-10-22(43)11-24(27(18)23)29-28(36)30-25(13-37-29)31(41-15-20-5-6-21(16-41)38-20)40-32(39-30)44-17-33-8-3-9-42(33)14-19(34)12-33/h5-7,9-20,33-36,38,41,46,63-64H,8,21-32,37H2,1-4H3,(H2,70,71,72);1,4,7,10-11,13,19-21,38,43H,3,5-6,8-9,12,14-17H2. The number of fused-ring (bicyclic) bond motifs is 5. The quantitative estimate of drug-likeness (QED) is 0.00663. The first-order valence-electron chi connectivity index (χ1n) is 42.1. The number of carbonyl (C=O) groups excluding carboxylic acids is 1. The van der Waals surface area contributed by atoms with Crippen molar-refractivity contribution in [2.45, 2.75) is 140 Å². The molecule has 0 saturated carbocycles. The van der Waals surface area contributed by atoms with E-state index in [0.29, 0.717) is 170 Å². The number of piperidine rings is 1. The maximum absolute atomic E-state index is 16.7. The van der Waals surface area contributed by atoms with Gasteiger partial charge >= 0.3 is 25.1 Å². The van der Waals surface area contributed by atoms with Crippen molar-refractivity contribution in [1.29, 1.82) is 0 Å². The van der Waals surface area contributed by atoms with E-state index < -0.39 is 112 Å². The summed E-state index contributed by atoms with van der Waals surface area (Å²) in [5.41, 5.74) is -2.86. The fourth-order valence-corrected chi connectivity index (χ4v) is 23.5. The monoisotopic (exact) mass is 1880 g/mol. The van der Waals surface area contributed by atoms with Gasteiger partial charge in [-0.25, -0.2) is 42.8 Å². The molecule has 6 aliphatic heterocycles. The molecule has 6 saturated heterocycles. The minimum Gasteiger partial charge on any atom is -0.508 e. The molecule has 25 nitrogen and oxygen atoms in total. The number of ether oxygens (including phenoxy) is 2. The van der Waals surface area contributed by atoms with Crippen molar-refractivity contribution >= 4 is 117 Å². The Kier molecular flexibility index (Phi) is 27.6. The number of likely N-dealkylation sites (tertiary alicyclic amines) is 1. The molecular formula is C90H97ClF7N12O13PS4. The number of esters is 1. The Morgan fingerprint density at radius 2 is 1.51 bits per heavy atom. The highest BCUT2D eigenvalue weighted by Crippen LogP contribution is 2.48. The van der Waals surface area contributed by atoms with Crippen LogP contribution in [0, 0.1) is 42.6 Å². The number of phenols is 1. The van der Waals surface area contributed by atoms with E-state index in [1.54, 1.807) is 49.4 Å². The number of nitrogens with one attached hydrogen (secondary N) is 3. The van der Waals surface area contributed by atoms with Gasteiger partial charge in [0.2, 0.25) is 0 Å². The van der Waals surface area contributed by atoms with Crippen molar-refractivity contribution in [3.63, 3.8) is 0 Å². The first kappa shape index (κ1) is 92.9. The van der Waals surface area contributed by atoms with Crippen LogP contribution in [-0.2, 0) is 43.8 Å². The second-order valence-electron chi connectivity index (χ2n) is 33.7. The van der Waals surface area contributed by atoms with Crippen LogP contribution in [0.3, 0.4) is 0 Å². The fourth-order valence-electron chi connectivity index (χ4n) is 18.5. The van der Waals surface area contributed by atoms with Gasteiger partial charge in [0.15, 0.2) is 15.7 Å². The highest BCUT2D eigenvalue weighted by atomic mass is 35.5. The van der Waals surface area contributed by atoms with Crippen LogP contribution in [0.4, 0.5) is 59.3 Å². The molecule has 0 spiro atoms. The number of aromatic nitrogens is 4. The molecule has 9 heterocycles. The second kappa shape index (κ2) is 38.0. The maximum atomic E-state index is 16.7. The molecule has 6 fully saturated rings. The van der Waals surface area contributed by atoms with Gasteiger partial charge in [0, 0.05) is 150 Å². The molecule has 16 rings (SSSR count). The molecule has 128 heavy (non-hydrogen) atoms. The van der Waals surface area contributed by atoms with Crippen LogP contribution < -0.4 is 34.8 Å². The van der Waals surface area contributed by atoms with Gasteiger partial charge in [0.05, 0.1) is 56.3 Å². The molecule has 3 aromatic heterocycles. The summed E-state index contributed by atoms with van der Waals surface area (Å²) < 4.78 is 214. The predicted octanol–water partition coefficient (Wildman–Crippen LogP) is 15.8. The number of piperazine rings is 2. The molecule has 0 radical (unpaired) electrons. The molecule has 6 aliphatic rings. The van der Waals surface area contributed by atoms with Crippen LogP contribution in [0.5, 0.6) is 11.8 Å². The molecule has 10 aromatic rings. The Morgan fingerprint density at radius 3 is 2.17 bits per heavy atom. The number of thioether (sulfide) groups is 1. The van der Waals surface area contributed by atoms with E-state index >= 15 is 8.78 Å². The number of hydrogen-bond acceptors (Lipinski definition) is 22. The molecule has 7 aromatic carbocycles. The highest BCUT2D eigenvalue weighted by molar-refractivity contribution is 7.99. The van der Waals surface area contributed by atoms with Gasteiger partial charge in [-0.2, -0.15) is 23.1 Å². The third-order valence-corrected chi connectivity index (χ3v) is 31.0. The number of benzene rings is 7. The maximum Gasteiger partial charge on any atom is 0.501 e. The van der Waals surface area contributed by atoms with E-state index in [1.807, 2.05) is 58.5 Å². The third kappa shape index (κ3) is 20.5. The van der Waals surface area contributed by atoms with Crippen molar-refractivity contribution < 1.29 is 89.7 Å². The average Bonchev–Trinajstić information content (AvgIpc) is 1.51.